The molecule has 16 heavy (non-hydrogen) atoms. The molecule has 1 saturated heterocycles. The van der Waals surface area contributed by atoms with Gasteiger partial charge in [0.05, 0.1) is 0 Å². The third-order valence-corrected chi connectivity index (χ3v) is 3.79. The van der Waals surface area contributed by atoms with E-state index in [1.807, 2.05) is 0 Å². The standard InChI is InChI=1S/C15H23N/c1-12(2)8-9-15(10-16-11-15)14-6-4-13(3)5-7-14/h4-7,12,16H,8-11H2,1-3H3. The normalized spacial score (nSPS) is 18.5. The maximum atomic E-state index is 3.44. The molecule has 0 saturated carbocycles. The quantitative estimate of drug-likeness (QED) is 0.816. The summed E-state index contributed by atoms with van der Waals surface area (Å²) in [5.41, 5.74) is 3.31. The van der Waals surface area contributed by atoms with Crippen LogP contribution in [0.25, 0.3) is 0 Å². The number of benzene rings is 1. The van der Waals surface area contributed by atoms with Crippen LogP contribution in [0.15, 0.2) is 24.3 Å². The molecular formula is C15H23N. The molecule has 0 bridgehead atoms. The highest BCUT2D eigenvalue weighted by Crippen LogP contribution is 2.34. The van der Waals surface area contributed by atoms with E-state index in [0.29, 0.717) is 5.41 Å². The molecule has 1 heterocycles. The molecule has 1 nitrogen and oxygen atoms in total. The van der Waals surface area contributed by atoms with Crippen molar-refractivity contribution in [2.75, 3.05) is 13.1 Å². The molecule has 2 rings (SSSR count). The van der Waals surface area contributed by atoms with Gasteiger partial charge in [0, 0.05) is 18.5 Å². The lowest BCUT2D eigenvalue weighted by Crippen LogP contribution is -2.56. The van der Waals surface area contributed by atoms with E-state index < -0.39 is 0 Å². The molecule has 0 spiro atoms. The molecule has 1 N–H and O–H groups in total. The number of nitrogens with one attached hydrogen (secondary N) is 1. The lowest BCUT2D eigenvalue weighted by Gasteiger charge is -2.44. The van der Waals surface area contributed by atoms with E-state index in [1.54, 1.807) is 0 Å². The summed E-state index contributed by atoms with van der Waals surface area (Å²) in [6.45, 7) is 9.10. The van der Waals surface area contributed by atoms with Gasteiger partial charge in [-0.15, -0.1) is 0 Å². The van der Waals surface area contributed by atoms with Crippen LogP contribution >= 0.6 is 0 Å². The van der Waals surface area contributed by atoms with Crippen molar-refractivity contribution in [2.24, 2.45) is 5.92 Å². The largest absolute Gasteiger partial charge is 0.315 e. The van der Waals surface area contributed by atoms with Gasteiger partial charge in [-0.1, -0.05) is 50.1 Å². The molecule has 0 aromatic heterocycles. The van der Waals surface area contributed by atoms with E-state index >= 15 is 0 Å². The molecule has 1 aromatic carbocycles. The van der Waals surface area contributed by atoms with Gasteiger partial charge in [-0.25, -0.2) is 0 Å². The molecule has 1 aliphatic heterocycles. The van der Waals surface area contributed by atoms with Crippen LogP contribution in [0.5, 0.6) is 0 Å². The molecule has 88 valence electrons. The van der Waals surface area contributed by atoms with E-state index in [4.69, 9.17) is 0 Å². The van der Waals surface area contributed by atoms with Crippen molar-refractivity contribution < 1.29 is 0 Å². The minimum Gasteiger partial charge on any atom is -0.315 e. The fourth-order valence-corrected chi connectivity index (χ4v) is 2.42. The van der Waals surface area contributed by atoms with Gasteiger partial charge in [0.2, 0.25) is 0 Å². The Balaban J connectivity index is 2.11. The number of hydrogen-bond donors (Lipinski definition) is 1. The van der Waals surface area contributed by atoms with E-state index in [2.05, 4.69) is 50.4 Å². The maximum absolute atomic E-state index is 3.44. The van der Waals surface area contributed by atoms with Gasteiger partial charge in [-0.2, -0.15) is 0 Å². The highest BCUT2D eigenvalue weighted by molar-refractivity contribution is 5.32. The fraction of sp³-hybridized carbons (Fsp3) is 0.600. The Morgan fingerprint density at radius 1 is 1.19 bits per heavy atom. The van der Waals surface area contributed by atoms with Gasteiger partial charge >= 0.3 is 0 Å². The summed E-state index contributed by atoms with van der Waals surface area (Å²) in [7, 11) is 0. The molecule has 0 atom stereocenters. The SMILES string of the molecule is Cc1ccc(C2(CCC(C)C)CNC2)cc1. The molecule has 1 fully saturated rings. The minimum absolute atomic E-state index is 0.429. The van der Waals surface area contributed by atoms with Gasteiger partial charge < -0.3 is 5.32 Å². The zero-order valence-corrected chi connectivity index (χ0v) is 10.7. The van der Waals surface area contributed by atoms with E-state index in [0.717, 1.165) is 19.0 Å². The lowest BCUT2D eigenvalue weighted by atomic mass is 9.71. The summed E-state index contributed by atoms with van der Waals surface area (Å²) in [5, 5.41) is 3.44. The first kappa shape index (κ1) is 11.7. The first-order valence-corrected chi connectivity index (χ1v) is 6.40. The second-order valence-electron chi connectivity index (χ2n) is 5.68. The molecule has 1 heteroatoms. The predicted molar refractivity (Wildman–Crippen MR) is 69.8 cm³/mol. The van der Waals surface area contributed by atoms with E-state index in [-0.39, 0.29) is 0 Å². The number of rotatable bonds is 4. The fourth-order valence-electron chi connectivity index (χ4n) is 2.42. The van der Waals surface area contributed by atoms with Crippen molar-refractivity contribution in [1.29, 1.82) is 0 Å². The van der Waals surface area contributed by atoms with Crippen molar-refractivity contribution in [3.05, 3.63) is 35.4 Å². The Morgan fingerprint density at radius 2 is 1.81 bits per heavy atom. The maximum Gasteiger partial charge on any atom is 0.0202 e. The zero-order chi connectivity index (χ0) is 11.6. The lowest BCUT2D eigenvalue weighted by molar-refractivity contribution is 0.241. The topological polar surface area (TPSA) is 12.0 Å². The van der Waals surface area contributed by atoms with Crippen LogP contribution in [0.2, 0.25) is 0 Å². The van der Waals surface area contributed by atoms with Crippen molar-refractivity contribution in [1.82, 2.24) is 5.32 Å². The van der Waals surface area contributed by atoms with Crippen LogP contribution in [-0.4, -0.2) is 13.1 Å². The molecule has 0 aliphatic carbocycles. The number of hydrogen-bond acceptors (Lipinski definition) is 1. The van der Waals surface area contributed by atoms with Gasteiger partial charge in [0.25, 0.3) is 0 Å². The molecule has 1 aliphatic rings. The highest BCUT2D eigenvalue weighted by atomic mass is 15.0. The monoisotopic (exact) mass is 217 g/mol. The summed E-state index contributed by atoms with van der Waals surface area (Å²) in [6.07, 6.45) is 2.65. The first-order chi connectivity index (χ1) is 7.62. The van der Waals surface area contributed by atoms with Crippen molar-refractivity contribution in [3.63, 3.8) is 0 Å². The van der Waals surface area contributed by atoms with Gasteiger partial charge in [0.15, 0.2) is 0 Å². The van der Waals surface area contributed by atoms with Crippen LogP contribution in [0.1, 0.15) is 37.8 Å². The van der Waals surface area contributed by atoms with Crippen molar-refractivity contribution in [2.45, 2.75) is 39.0 Å². The predicted octanol–water partition coefficient (Wildman–Crippen LogP) is 3.27. The number of aryl methyl sites for hydroxylation is 1. The Bertz CT molecular complexity index is 333. The van der Waals surface area contributed by atoms with Crippen LogP contribution < -0.4 is 5.32 Å². The third kappa shape index (κ3) is 2.30. The Hall–Kier alpha value is -0.820. The van der Waals surface area contributed by atoms with E-state index in [9.17, 15) is 0 Å². The average molecular weight is 217 g/mol. The van der Waals surface area contributed by atoms with E-state index in [1.165, 1.54) is 24.0 Å². The van der Waals surface area contributed by atoms with Crippen molar-refractivity contribution in [3.8, 4) is 0 Å². The summed E-state index contributed by atoms with van der Waals surface area (Å²) in [5.74, 6) is 0.808. The Kier molecular flexibility index (Phi) is 3.34. The summed E-state index contributed by atoms with van der Waals surface area (Å²) >= 11 is 0. The average Bonchev–Trinajstić information content (AvgIpc) is 2.18. The third-order valence-electron chi connectivity index (χ3n) is 3.79. The van der Waals surface area contributed by atoms with Gasteiger partial charge in [-0.05, 0) is 24.8 Å². The Labute approximate surface area is 99.3 Å². The van der Waals surface area contributed by atoms with Crippen LogP contribution in [-0.2, 0) is 5.41 Å². The summed E-state index contributed by atoms with van der Waals surface area (Å²) in [4.78, 5) is 0. The van der Waals surface area contributed by atoms with Crippen LogP contribution in [0.3, 0.4) is 0 Å². The second kappa shape index (κ2) is 4.58. The minimum atomic E-state index is 0.429. The highest BCUT2D eigenvalue weighted by Gasteiger charge is 2.37. The molecular weight excluding hydrogens is 194 g/mol. The first-order valence-electron chi connectivity index (χ1n) is 6.40. The van der Waals surface area contributed by atoms with Gasteiger partial charge in [-0.3, -0.25) is 0 Å². The van der Waals surface area contributed by atoms with Crippen LogP contribution in [0.4, 0.5) is 0 Å². The van der Waals surface area contributed by atoms with Crippen molar-refractivity contribution >= 4 is 0 Å². The van der Waals surface area contributed by atoms with Gasteiger partial charge in [0.1, 0.15) is 0 Å². The Morgan fingerprint density at radius 3 is 2.25 bits per heavy atom. The van der Waals surface area contributed by atoms with Crippen LogP contribution in [0, 0.1) is 12.8 Å². The summed E-state index contributed by atoms with van der Waals surface area (Å²) < 4.78 is 0. The molecule has 1 aromatic rings. The second-order valence-corrected chi connectivity index (χ2v) is 5.68. The molecule has 0 unspecified atom stereocenters. The molecule has 0 amide bonds. The smallest absolute Gasteiger partial charge is 0.0202 e. The summed E-state index contributed by atoms with van der Waals surface area (Å²) in [6, 6.07) is 9.11. The molecule has 0 radical (unpaired) electrons. The zero-order valence-electron chi connectivity index (χ0n) is 10.7.